The van der Waals surface area contributed by atoms with Crippen LogP contribution in [-0.2, 0) is 0 Å². The smallest absolute Gasteiger partial charge is 0.254 e. The van der Waals surface area contributed by atoms with E-state index in [9.17, 15) is 4.79 Å². The Morgan fingerprint density at radius 3 is 2.68 bits per heavy atom. The van der Waals surface area contributed by atoms with E-state index in [4.69, 9.17) is 5.73 Å². The van der Waals surface area contributed by atoms with E-state index in [1.807, 2.05) is 11.4 Å². The number of hydrogen-bond acceptors (Lipinski definition) is 3. The maximum Gasteiger partial charge on any atom is 0.254 e. The SMILES string of the molecule is CCCN(C(=O)c1csc(Br)c1)C1CCC(N)CC1. The maximum atomic E-state index is 12.6. The summed E-state index contributed by atoms with van der Waals surface area (Å²) in [5, 5.41) is 1.93. The molecule has 1 aromatic rings. The molecule has 1 aliphatic carbocycles. The van der Waals surface area contributed by atoms with Crippen LogP contribution >= 0.6 is 27.3 Å². The van der Waals surface area contributed by atoms with Gasteiger partial charge in [0.1, 0.15) is 0 Å². The van der Waals surface area contributed by atoms with E-state index >= 15 is 0 Å². The molecule has 0 aliphatic heterocycles. The van der Waals surface area contributed by atoms with Gasteiger partial charge in [-0.25, -0.2) is 0 Å². The molecule has 1 saturated carbocycles. The van der Waals surface area contributed by atoms with Crippen molar-refractivity contribution >= 4 is 33.2 Å². The molecule has 1 amide bonds. The summed E-state index contributed by atoms with van der Waals surface area (Å²) in [4.78, 5) is 14.7. The molecule has 1 fully saturated rings. The molecule has 0 atom stereocenters. The fourth-order valence-corrected chi connectivity index (χ4v) is 3.82. The first-order chi connectivity index (χ1) is 9.11. The third kappa shape index (κ3) is 3.80. The number of thiophene rings is 1. The number of nitrogens with two attached hydrogens (primary N) is 1. The van der Waals surface area contributed by atoms with Gasteiger partial charge in [-0.15, -0.1) is 11.3 Å². The topological polar surface area (TPSA) is 46.3 Å². The average molecular weight is 345 g/mol. The fraction of sp³-hybridized carbons (Fsp3) is 0.643. The lowest BCUT2D eigenvalue weighted by atomic mass is 9.90. The molecule has 0 saturated heterocycles. The van der Waals surface area contributed by atoms with Gasteiger partial charge in [0.25, 0.3) is 5.91 Å². The van der Waals surface area contributed by atoms with Crippen LogP contribution in [0.5, 0.6) is 0 Å². The number of carbonyl (C=O) groups is 1. The second kappa shape index (κ2) is 6.86. The summed E-state index contributed by atoms with van der Waals surface area (Å²) in [6.45, 7) is 2.96. The first-order valence-electron chi connectivity index (χ1n) is 6.92. The van der Waals surface area contributed by atoms with Gasteiger partial charge in [0, 0.05) is 24.0 Å². The van der Waals surface area contributed by atoms with Crippen LogP contribution in [0.15, 0.2) is 15.2 Å². The lowest BCUT2D eigenvalue weighted by molar-refractivity contribution is 0.0627. The predicted molar refractivity (Wildman–Crippen MR) is 83.6 cm³/mol. The zero-order valence-electron chi connectivity index (χ0n) is 11.3. The largest absolute Gasteiger partial charge is 0.336 e. The van der Waals surface area contributed by atoms with E-state index in [2.05, 4.69) is 27.8 Å². The maximum absolute atomic E-state index is 12.6. The number of nitrogens with zero attached hydrogens (tertiary/aromatic N) is 1. The van der Waals surface area contributed by atoms with Crippen LogP contribution in [0, 0.1) is 0 Å². The van der Waals surface area contributed by atoms with E-state index in [0.29, 0.717) is 12.1 Å². The number of rotatable bonds is 4. The Balaban J connectivity index is 2.08. The Morgan fingerprint density at radius 1 is 1.47 bits per heavy atom. The van der Waals surface area contributed by atoms with Crippen LogP contribution in [0.1, 0.15) is 49.4 Å². The van der Waals surface area contributed by atoms with Gasteiger partial charge in [-0.3, -0.25) is 4.79 Å². The molecule has 19 heavy (non-hydrogen) atoms. The Hall–Kier alpha value is -0.390. The molecule has 3 nitrogen and oxygen atoms in total. The zero-order valence-corrected chi connectivity index (χ0v) is 13.7. The molecule has 0 bridgehead atoms. The third-order valence-corrected chi connectivity index (χ3v) is 5.23. The summed E-state index contributed by atoms with van der Waals surface area (Å²) in [5.41, 5.74) is 6.76. The molecule has 0 spiro atoms. The highest BCUT2D eigenvalue weighted by Gasteiger charge is 2.28. The minimum atomic E-state index is 0.171. The number of amides is 1. The highest BCUT2D eigenvalue weighted by molar-refractivity contribution is 9.11. The lowest BCUT2D eigenvalue weighted by Gasteiger charge is -2.36. The van der Waals surface area contributed by atoms with Crippen molar-refractivity contribution in [2.24, 2.45) is 5.73 Å². The van der Waals surface area contributed by atoms with Crippen molar-refractivity contribution in [3.63, 3.8) is 0 Å². The lowest BCUT2D eigenvalue weighted by Crippen LogP contribution is -2.44. The second-order valence-corrected chi connectivity index (χ2v) is 7.50. The van der Waals surface area contributed by atoms with Crippen LogP contribution in [0.4, 0.5) is 0 Å². The molecular formula is C14H21BrN2OS. The molecule has 0 radical (unpaired) electrons. The van der Waals surface area contributed by atoms with Crippen molar-refractivity contribution in [1.29, 1.82) is 0 Å². The summed E-state index contributed by atoms with van der Waals surface area (Å²) in [6.07, 6.45) is 5.15. The molecule has 2 N–H and O–H groups in total. The first kappa shape index (κ1) is 15.0. The van der Waals surface area contributed by atoms with Gasteiger partial charge in [-0.1, -0.05) is 6.92 Å². The normalized spacial score (nSPS) is 23.3. The summed E-state index contributed by atoms with van der Waals surface area (Å²) in [6, 6.07) is 2.61. The van der Waals surface area contributed by atoms with Crippen LogP contribution in [0.3, 0.4) is 0 Å². The van der Waals surface area contributed by atoms with E-state index in [-0.39, 0.29) is 5.91 Å². The molecular weight excluding hydrogens is 324 g/mol. The minimum Gasteiger partial charge on any atom is -0.336 e. The van der Waals surface area contributed by atoms with Crippen molar-refractivity contribution in [2.75, 3.05) is 6.54 Å². The summed E-state index contributed by atoms with van der Waals surface area (Å²) in [7, 11) is 0. The van der Waals surface area contributed by atoms with Gasteiger partial charge >= 0.3 is 0 Å². The van der Waals surface area contributed by atoms with Gasteiger partial charge in [0.05, 0.1) is 9.35 Å². The summed E-state index contributed by atoms with van der Waals surface area (Å²) < 4.78 is 1.01. The number of hydrogen-bond donors (Lipinski definition) is 1. The number of carbonyl (C=O) groups excluding carboxylic acids is 1. The molecule has 1 aliphatic rings. The highest BCUT2D eigenvalue weighted by Crippen LogP contribution is 2.26. The Morgan fingerprint density at radius 2 is 2.16 bits per heavy atom. The minimum absolute atomic E-state index is 0.171. The van der Waals surface area contributed by atoms with E-state index in [1.165, 1.54) is 0 Å². The van der Waals surface area contributed by atoms with Gasteiger partial charge < -0.3 is 10.6 Å². The summed E-state index contributed by atoms with van der Waals surface area (Å²) >= 11 is 4.99. The third-order valence-electron chi connectivity index (χ3n) is 3.72. The Kier molecular flexibility index (Phi) is 5.42. The second-order valence-electron chi connectivity index (χ2n) is 5.21. The van der Waals surface area contributed by atoms with Crippen molar-refractivity contribution in [3.05, 3.63) is 20.8 Å². The Bertz CT molecular complexity index is 427. The van der Waals surface area contributed by atoms with E-state index in [0.717, 1.165) is 48.0 Å². The molecule has 5 heteroatoms. The van der Waals surface area contributed by atoms with Crippen molar-refractivity contribution in [2.45, 2.75) is 51.1 Å². The van der Waals surface area contributed by atoms with Crippen LogP contribution in [0.25, 0.3) is 0 Å². The first-order valence-corrected chi connectivity index (χ1v) is 8.59. The van der Waals surface area contributed by atoms with Gasteiger partial charge in [-0.2, -0.15) is 0 Å². The quantitative estimate of drug-likeness (QED) is 0.906. The van der Waals surface area contributed by atoms with E-state index < -0.39 is 0 Å². The molecule has 1 aromatic heterocycles. The highest BCUT2D eigenvalue weighted by atomic mass is 79.9. The van der Waals surface area contributed by atoms with Crippen LogP contribution in [0.2, 0.25) is 0 Å². The van der Waals surface area contributed by atoms with E-state index in [1.54, 1.807) is 11.3 Å². The monoisotopic (exact) mass is 344 g/mol. The zero-order chi connectivity index (χ0) is 13.8. The average Bonchev–Trinajstić information content (AvgIpc) is 2.83. The molecule has 1 heterocycles. The summed E-state index contributed by atoms with van der Waals surface area (Å²) in [5.74, 6) is 0.171. The van der Waals surface area contributed by atoms with Gasteiger partial charge in [0.15, 0.2) is 0 Å². The van der Waals surface area contributed by atoms with Crippen LogP contribution < -0.4 is 5.73 Å². The molecule has 106 valence electrons. The molecule has 2 rings (SSSR count). The molecule has 0 aromatic carbocycles. The Labute approximate surface area is 127 Å². The van der Waals surface area contributed by atoms with Gasteiger partial charge in [-0.05, 0) is 54.1 Å². The van der Waals surface area contributed by atoms with Crippen molar-refractivity contribution in [3.8, 4) is 0 Å². The molecule has 0 unspecified atom stereocenters. The van der Waals surface area contributed by atoms with Crippen molar-refractivity contribution in [1.82, 2.24) is 4.90 Å². The van der Waals surface area contributed by atoms with Gasteiger partial charge in [0.2, 0.25) is 0 Å². The fourth-order valence-electron chi connectivity index (χ4n) is 2.69. The standard InChI is InChI=1S/C14H21BrN2OS/c1-2-7-17(12-5-3-11(16)4-6-12)14(18)10-8-13(15)19-9-10/h8-9,11-12H,2-7,16H2,1H3. The van der Waals surface area contributed by atoms with Crippen LogP contribution in [-0.4, -0.2) is 29.4 Å². The number of halogens is 1. The van der Waals surface area contributed by atoms with Crippen molar-refractivity contribution < 1.29 is 4.79 Å². The predicted octanol–water partition coefficient (Wildman–Crippen LogP) is 3.63.